The first-order valence-corrected chi connectivity index (χ1v) is 6.06. The summed E-state index contributed by atoms with van der Waals surface area (Å²) in [4.78, 5) is 11.1. The third-order valence-corrected chi connectivity index (χ3v) is 2.91. The molecule has 0 saturated carbocycles. The summed E-state index contributed by atoms with van der Waals surface area (Å²) in [5, 5.41) is 12.2. The van der Waals surface area contributed by atoms with E-state index < -0.39 is 17.6 Å². The minimum atomic E-state index is -1.12. The fraction of sp³-hybridized carbons (Fsp3) is 0.0714. The molecule has 0 bridgehead atoms. The average molecular weight is 298 g/mol. The zero-order valence-corrected chi connectivity index (χ0v) is 10.9. The lowest BCUT2D eigenvalue weighted by molar-refractivity contribution is 0.0698. The molecule has 0 unspecified atom stereocenters. The van der Waals surface area contributed by atoms with E-state index in [0.717, 1.165) is 12.1 Å². The molecule has 20 heavy (non-hydrogen) atoms. The number of benzene rings is 2. The Hall–Kier alpha value is -2.14. The Bertz CT molecular complexity index is 662. The van der Waals surface area contributed by atoms with Gasteiger partial charge in [-0.05, 0) is 35.9 Å². The predicted molar refractivity (Wildman–Crippen MR) is 72.1 cm³/mol. The van der Waals surface area contributed by atoms with Crippen molar-refractivity contribution in [2.45, 2.75) is 6.54 Å². The molecular formula is C14H10ClF2NO2. The normalized spacial score (nSPS) is 10.3. The molecule has 2 rings (SSSR count). The van der Waals surface area contributed by atoms with Crippen molar-refractivity contribution in [3.63, 3.8) is 0 Å². The number of aromatic carboxylic acids is 1. The van der Waals surface area contributed by atoms with Crippen LogP contribution in [0, 0.1) is 11.6 Å². The Kier molecular flexibility index (Phi) is 4.20. The molecule has 0 saturated heterocycles. The monoisotopic (exact) mass is 297 g/mol. The quantitative estimate of drug-likeness (QED) is 0.899. The van der Waals surface area contributed by atoms with E-state index in [4.69, 9.17) is 16.7 Å². The van der Waals surface area contributed by atoms with Crippen LogP contribution in [0.2, 0.25) is 5.02 Å². The van der Waals surface area contributed by atoms with Crippen LogP contribution in [0.5, 0.6) is 0 Å². The number of carboxylic acid groups (broad SMARTS) is 1. The molecule has 2 N–H and O–H groups in total. The Morgan fingerprint density at radius 2 is 1.90 bits per heavy atom. The standard InChI is InChI=1S/C14H10ClF2NO2/c15-9-2-4-13(10(6-9)14(19)20)18-7-8-1-3-11(16)12(17)5-8/h1-6,18H,7H2,(H,19,20). The van der Waals surface area contributed by atoms with Gasteiger partial charge in [0.25, 0.3) is 0 Å². The zero-order chi connectivity index (χ0) is 14.7. The Labute approximate surface area is 118 Å². The van der Waals surface area contributed by atoms with Gasteiger partial charge in [0.05, 0.1) is 5.56 Å². The number of carboxylic acids is 1. The number of halogens is 3. The minimum absolute atomic E-state index is 0.0140. The summed E-state index contributed by atoms with van der Waals surface area (Å²) in [5.74, 6) is -2.99. The second-order valence-corrected chi connectivity index (χ2v) is 4.53. The van der Waals surface area contributed by atoms with Crippen molar-refractivity contribution >= 4 is 23.3 Å². The maximum atomic E-state index is 13.1. The molecule has 0 aromatic heterocycles. The lowest BCUT2D eigenvalue weighted by atomic mass is 10.1. The van der Waals surface area contributed by atoms with Gasteiger partial charge in [-0.3, -0.25) is 0 Å². The molecular weight excluding hydrogens is 288 g/mol. The molecule has 0 fully saturated rings. The molecule has 0 heterocycles. The van der Waals surface area contributed by atoms with Gasteiger partial charge >= 0.3 is 5.97 Å². The number of hydrogen-bond donors (Lipinski definition) is 2. The largest absolute Gasteiger partial charge is 0.478 e. The van der Waals surface area contributed by atoms with Crippen LogP contribution < -0.4 is 5.32 Å². The molecule has 0 aliphatic rings. The summed E-state index contributed by atoms with van der Waals surface area (Å²) in [6, 6.07) is 7.87. The highest BCUT2D eigenvalue weighted by Crippen LogP contribution is 2.21. The van der Waals surface area contributed by atoms with Gasteiger partial charge in [0.15, 0.2) is 11.6 Å². The van der Waals surface area contributed by atoms with Gasteiger partial charge in [0, 0.05) is 17.3 Å². The van der Waals surface area contributed by atoms with E-state index in [1.165, 1.54) is 18.2 Å². The zero-order valence-electron chi connectivity index (χ0n) is 10.2. The maximum Gasteiger partial charge on any atom is 0.337 e. The number of anilines is 1. The average Bonchev–Trinajstić information content (AvgIpc) is 2.41. The van der Waals surface area contributed by atoms with Crippen LogP contribution in [-0.2, 0) is 6.54 Å². The highest BCUT2D eigenvalue weighted by Gasteiger charge is 2.11. The second kappa shape index (κ2) is 5.88. The van der Waals surface area contributed by atoms with Crippen LogP contribution in [0.1, 0.15) is 15.9 Å². The van der Waals surface area contributed by atoms with Gasteiger partial charge in [-0.2, -0.15) is 0 Å². The Balaban J connectivity index is 2.18. The summed E-state index contributed by atoms with van der Waals surface area (Å²) in [7, 11) is 0. The van der Waals surface area contributed by atoms with Crippen molar-refractivity contribution in [3.8, 4) is 0 Å². The topological polar surface area (TPSA) is 49.3 Å². The smallest absolute Gasteiger partial charge is 0.337 e. The van der Waals surface area contributed by atoms with Crippen LogP contribution in [0.4, 0.5) is 14.5 Å². The molecule has 2 aromatic rings. The minimum Gasteiger partial charge on any atom is -0.478 e. The molecule has 6 heteroatoms. The van der Waals surface area contributed by atoms with Crippen LogP contribution >= 0.6 is 11.6 Å². The molecule has 2 aromatic carbocycles. The second-order valence-electron chi connectivity index (χ2n) is 4.10. The lowest BCUT2D eigenvalue weighted by Crippen LogP contribution is -2.06. The van der Waals surface area contributed by atoms with Crippen LogP contribution in [0.25, 0.3) is 0 Å². The van der Waals surface area contributed by atoms with Crippen molar-refractivity contribution in [1.29, 1.82) is 0 Å². The first kappa shape index (κ1) is 14.3. The van der Waals surface area contributed by atoms with Gasteiger partial charge in [-0.15, -0.1) is 0 Å². The third kappa shape index (κ3) is 3.24. The highest BCUT2D eigenvalue weighted by molar-refractivity contribution is 6.31. The number of nitrogens with one attached hydrogen (secondary N) is 1. The highest BCUT2D eigenvalue weighted by atomic mass is 35.5. The van der Waals surface area contributed by atoms with E-state index >= 15 is 0 Å². The van der Waals surface area contributed by atoms with E-state index in [2.05, 4.69) is 5.32 Å². The lowest BCUT2D eigenvalue weighted by Gasteiger charge is -2.10. The van der Waals surface area contributed by atoms with Crippen LogP contribution in [0.15, 0.2) is 36.4 Å². The number of hydrogen-bond acceptors (Lipinski definition) is 2. The predicted octanol–water partition coefficient (Wildman–Crippen LogP) is 3.93. The van der Waals surface area contributed by atoms with Gasteiger partial charge < -0.3 is 10.4 Å². The molecule has 0 aliphatic carbocycles. The molecule has 3 nitrogen and oxygen atoms in total. The summed E-state index contributed by atoms with van der Waals surface area (Å²) < 4.78 is 25.8. The molecule has 0 radical (unpaired) electrons. The van der Waals surface area contributed by atoms with Crippen molar-refractivity contribution in [2.75, 3.05) is 5.32 Å². The van der Waals surface area contributed by atoms with E-state index in [1.54, 1.807) is 6.07 Å². The number of carbonyl (C=O) groups is 1. The van der Waals surface area contributed by atoms with Gasteiger partial charge in [-0.25, -0.2) is 13.6 Å². The summed E-state index contributed by atoms with van der Waals surface area (Å²) in [5.41, 5.74) is 0.863. The van der Waals surface area contributed by atoms with Crippen molar-refractivity contribution in [3.05, 3.63) is 64.2 Å². The molecule has 0 amide bonds. The van der Waals surface area contributed by atoms with E-state index in [-0.39, 0.29) is 12.1 Å². The molecule has 0 aliphatic heterocycles. The Morgan fingerprint density at radius 3 is 2.55 bits per heavy atom. The van der Waals surface area contributed by atoms with E-state index in [0.29, 0.717) is 16.3 Å². The fourth-order valence-electron chi connectivity index (χ4n) is 1.69. The summed E-state index contributed by atoms with van der Waals surface area (Å²) in [6.45, 7) is 0.166. The number of rotatable bonds is 4. The van der Waals surface area contributed by atoms with Gasteiger partial charge in [0.1, 0.15) is 0 Å². The van der Waals surface area contributed by atoms with Crippen LogP contribution in [-0.4, -0.2) is 11.1 Å². The van der Waals surface area contributed by atoms with Crippen molar-refractivity contribution in [1.82, 2.24) is 0 Å². The molecule has 0 spiro atoms. The van der Waals surface area contributed by atoms with Crippen LogP contribution in [0.3, 0.4) is 0 Å². The van der Waals surface area contributed by atoms with E-state index in [9.17, 15) is 13.6 Å². The molecule has 104 valence electrons. The van der Waals surface area contributed by atoms with Gasteiger partial charge in [-0.1, -0.05) is 17.7 Å². The van der Waals surface area contributed by atoms with Crippen molar-refractivity contribution in [2.24, 2.45) is 0 Å². The Morgan fingerprint density at radius 1 is 1.15 bits per heavy atom. The first-order valence-electron chi connectivity index (χ1n) is 5.68. The van der Waals surface area contributed by atoms with Crippen molar-refractivity contribution < 1.29 is 18.7 Å². The van der Waals surface area contributed by atoms with Gasteiger partial charge in [0.2, 0.25) is 0 Å². The first-order chi connectivity index (χ1) is 9.47. The maximum absolute atomic E-state index is 13.1. The molecule has 0 atom stereocenters. The summed E-state index contributed by atoms with van der Waals surface area (Å²) in [6.07, 6.45) is 0. The fourth-order valence-corrected chi connectivity index (χ4v) is 1.87. The van der Waals surface area contributed by atoms with E-state index in [1.807, 2.05) is 0 Å². The SMILES string of the molecule is O=C(O)c1cc(Cl)ccc1NCc1ccc(F)c(F)c1. The third-order valence-electron chi connectivity index (χ3n) is 2.68. The summed E-state index contributed by atoms with van der Waals surface area (Å²) >= 11 is 5.73.